The molecule has 2 atom stereocenters. The van der Waals surface area contributed by atoms with Crippen LogP contribution in [0.25, 0.3) is 11.1 Å². The SMILES string of the molecule is CC(C)(C)OC(=O)N1CC2CN(c3ccc4c(c3)C(=O)c3ccccc3-4)CC21. The van der Waals surface area contributed by atoms with Gasteiger partial charge in [-0.1, -0.05) is 30.3 Å². The summed E-state index contributed by atoms with van der Waals surface area (Å²) in [5.74, 6) is 0.568. The second-order valence-electron chi connectivity index (χ2n) is 8.97. The monoisotopic (exact) mass is 376 g/mol. The summed E-state index contributed by atoms with van der Waals surface area (Å²) >= 11 is 0. The van der Waals surface area contributed by atoms with Crippen molar-refractivity contribution >= 4 is 17.6 Å². The molecule has 5 nitrogen and oxygen atoms in total. The van der Waals surface area contributed by atoms with E-state index >= 15 is 0 Å². The molecule has 5 rings (SSSR count). The molecular weight excluding hydrogens is 352 g/mol. The number of likely N-dealkylation sites (tertiary alicyclic amines) is 1. The Morgan fingerprint density at radius 3 is 2.43 bits per heavy atom. The van der Waals surface area contributed by atoms with E-state index < -0.39 is 5.60 Å². The molecule has 3 aliphatic rings. The van der Waals surface area contributed by atoms with Gasteiger partial charge in [-0.15, -0.1) is 0 Å². The van der Waals surface area contributed by atoms with Gasteiger partial charge < -0.3 is 14.5 Å². The van der Waals surface area contributed by atoms with Gasteiger partial charge in [0.25, 0.3) is 0 Å². The molecule has 5 heteroatoms. The van der Waals surface area contributed by atoms with E-state index in [2.05, 4.69) is 17.0 Å². The van der Waals surface area contributed by atoms with Crippen molar-refractivity contribution in [1.82, 2.24) is 4.90 Å². The highest BCUT2D eigenvalue weighted by Gasteiger charge is 2.49. The molecule has 0 N–H and O–H groups in total. The maximum atomic E-state index is 12.8. The molecule has 0 spiro atoms. The van der Waals surface area contributed by atoms with Crippen molar-refractivity contribution in [2.45, 2.75) is 32.4 Å². The summed E-state index contributed by atoms with van der Waals surface area (Å²) in [5, 5.41) is 0. The summed E-state index contributed by atoms with van der Waals surface area (Å²) in [5.41, 5.74) is 4.18. The molecule has 2 heterocycles. The van der Waals surface area contributed by atoms with E-state index in [4.69, 9.17) is 4.74 Å². The van der Waals surface area contributed by atoms with Crippen molar-refractivity contribution < 1.29 is 14.3 Å². The van der Waals surface area contributed by atoms with Crippen LogP contribution >= 0.6 is 0 Å². The third-order valence-corrected chi connectivity index (χ3v) is 5.94. The number of hydrogen-bond acceptors (Lipinski definition) is 4. The van der Waals surface area contributed by atoms with E-state index in [-0.39, 0.29) is 17.9 Å². The minimum Gasteiger partial charge on any atom is -0.444 e. The Balaban J connectivity index is 1.35. The molecule has 2 aromatic rings. The third-order valence-electron chi connectivity index (χ3n) is 5.94. The Morgan fingerprint density at radius 2 is 1.68 bits per heavy atom. The van der Waals surface area contributed by atoms with E-state index in [1.165, 1.54) is 0 Å². The summed E-state index contributed by atoms with van der Waals surface area (Å²) in [4.78, 5) is 29.3. The molecule has 28 heavy (non-hydrogen) atoms. The normalized spacial score (nSPS) is 22.5. The molecule has 0 radical (unpaired) electrons. The van der Waals surface area contributed by atoms with Crippen LogP contribution < -0.4 is 4.90 Å². The molecule has 2 fully saturated rings. The average Bonchev–Trinajstić information content (AvgIpc) is 3.10. The second kappa shape index (κ2) is 5.84. The predicted molar refractivity (Wildman–Crippen MR) is 108 cm³/mol. The van der Waals surface area contributed by atoms with Crippen LogP contribution in [0, 0.1) is 5.92 Å². The fourth-order valence-electron chi connectivity index (χ4n) is 4.59. The number of carbonyl (C=O) groups excluding carboxylic acids is 2. The quantitative estimate of drug-likeness (QED) is 0.645. The Bertz CT molecular complexity index is 992. The van der Waals surface area contributed by atoms with Crippen molar-refractivity contribution in [3.8, 4) is 11.1 Å². The fourth-order valence-corrected chi connectivity index (χ4v) is 4.59. The number of fused-ring (bicyclic) bond motifs is 4. The van der Waals surface area contributed by atoms with E-state index in [0.29, 0.717) is 5.92 Å². The number of rotatable bonds is 1. The first-order valence-corrected chi connectivity index (χ1v) is 9.84. The zero-order valence-electron chi connectivity index (χ0n) is 16.4. The van der Waals surface area contributed by atoms with Crippen molar-refractivity contribution in [3.63, 3.8) is 0 Å². The van der Waals surface area contributed by atoms with Crippen LogP contribution in [-0.2, 0) is 4.74 Å². The summed E-state index contributed by atoms with van der Waals surface area (Å²) in [6, 6.07) is 14.1. The lowest BCUT2D eigenvalue weighted by Gasteiger charge is -2.43. The van der Waals surface area contributed by atoms with Gasteiger partial charge in [-0.3, -0.25) is 4.79 Å². The molecule has 0 aromatic heterocycles. The Morgan fingerprint density at radius 1 is 0.964 bits per heavy atom. The molecule has 1 aliphatic carbocycles. The first-order chi connectivity index (χ1) is 13.3. The number of hydrogen-bond donors (Lipinski definition) is 0. The number of carbonyl (C=O) groups is 2. The zero-order chi connectivity index (χ0) is 19.6. The third kappa shape index (κ3) is 2.60. The molecule has 144 valence electrons. The number of anilines is 1. The molecule has 2 saturated heterocycles. The molecular formula is C23H24N2O3. The van der Waals surface area contributed by atoms with Crippen LogP contribution in [0.1, 0.15) is 36.7 Å². The largest absolute Gasteiger partial charge is 0.444 e. The van der Waals surface area contributed by atoms with Crippen LogP contribution in [0.5, 0.6) is 0 Å². The maximum Gasteiger partial charge on any atom is 0.410 e. The number of nitrogens with zero attached hydrogens (tertiary/aromatic N) is 2. The van der Waals surface area contributed by atoms with E-state index in [0.717, 1.165) is 47.6 Å². The molecule has 2 aliphatic heterocycles. The highest BCUT2D eigenvalue weighted by molar-refractivity contribution is 6.22. The molecule has 2 unspecified atom stereocenters. The van der Waals surface area contributed by atoms with Gasteiger partial charge in [0.05, 0.1) is 6.04 Å². The lowest BCUT2D eigenvalue weighted by atomic mass is 9.93. The second-order valence-corrected chi connectivity index (χ2v) is 8.97. The lowest BCUT2D eigenvalue weighted by molar-refractivity contribution is -0.0163. The first-order valence-electron chi connectivity index (χ1n) is 9.84. The Hall–Kier alpha value is -2.82. The van der Waals surface area contributed by atoms with Gasteiger partial charge >= 0.3 is 6.09 Å². The highest BCUT2D eigenvalue weighted by Crippen LogP contribution is 2.41. The zero-order valence-corrected chi connectivity index (χ0v) is 16.4. The van der Waals surface area contributed by atoms with Crippen molar-refractivity contribution in [2.75, 3.05) is 24.5 Å². The predicted octanol–water partition coefficient (Wildman–Crippen LogP) is 3.95. The Kier molecular flexibility index (Phi) is 3.60. The topological polar surface area (TPSA) is 49.9 Å². The smallest absolute Gasteiger partial charge is 0.410 e. The molecule has 2 aromatic carbocycles. The van der Waals surface area contributed by atoms with Crippen molar-refractivity contribution in [2.24, 2.45) is 5.92 Å². The van der Waals surface area contributed by atoms with Gasteiger partial charge in [-0.2, -0.15) is 0 Å². The summed E-state index contributed by atoms with van der Waals surface area (Å²) in [6.45, 7) is 8.10. The molecule has 1 amide bonds. The average molecular weight is 376 g/mol. The van der Waals surface area contributed by atoms with Crippen LogP contribution in [0.4, 0.5) is 10.5 Å². The van der Waals surface area contributed by atoms with E-state index in [1.54, 1.807) is 0 Å². The van der Waals surface area contributed by atoms with Crippen LogP contribution in [0.15, 0.2) is 42.5 Å². The minimum atomic E-state index is -0.476. The van der Waals surface area contributed by atoms with Gasteiger partial charge in [0.1, 0.15) is 5.60 Å². The van der Waals surface area contributed by atoms with Crippen LogP contribution in [0.3, 0.4) is 0 Å². The van der Waals surface area contributed by atoms with Crippen molar-refractivity contribution in [3.05, 3.63) is 53.6 Å². The first kappa shape index (κ1) is 17.3. The van der Waals surface area contributed by atoms with Gasteiger partial charge in [0, 0.05) is 42.4 Å². The van der Waals surface area contributed by atoms with Crippen LogP contribution in [0.2, 0.25) is 0 Å². The summed E-state index contributed by atoms with van der Waals surface area (Å²) in [7, 11) is 0. The molecule has 0 saturated carbocycles. The number of benzene rings is 2. The van der Waals surface area contributed by atoms with Gasteiger partial charge in [-0.05, 0) is 44.0 Å². The van der Waals surface area contributed by atoms with E-state index in [9.17, 15) is 9.59 Å². The van der Waals surface area contributed by atoms with Crippen molar-refractivity contribution in [1.29, 1.82) is 0 Å². The van der Waals surface area contributed by atoms with Gasteiger partial charge in [0.15, 0.2) is 5.78 Å². The number of ether oxygens (including phenoxy) is 1. The van der Waals surface area contributed by atoms with E-state index in [1.807, 2.05) is 56.0 Å². The number of amides is 1. The number of ketones is 1. The van der Waals surface area contributed by atoms with Gasteiger partial charge in [-0.25, -0.2) is 4.79 Å². The lowest BCUT2D eigenvalue weighted by Crippen LogP contribution is -2.59. The minimum absolute atomic E-state index is 0.102. The summed E-state index contributed by atoms with van der Waals surface area (Å²) in [6.07, 6.45) is -0.227. The highest BCUT2D eigenvalue weighted by atomic mass is 16.6. The fraction of sp³-hybridized carbons (Fsp3) is 0.391. The maximum absolute atomic E-state index is 12.8. The molecule has 0 bridgehead atoms. The van der Waals surface area contributed by atoms with Crippen LogP contribution in [-0.4, -0.2) is 48.1 Å². The Labute approximate surface area is 164 Å². The standard InChI is InChI=1S/C23H24N2O3/c1-23(2,3)28-22(27)25-12-14-11-24(13-20(14)25)15-8-9-17-16-6-4-5-7-18(16)21(26)19(17)10-15/h4-10,14,20H,11-13H2,1-3H3. The van der Waals surface area contributed by atoms with Gasteiger partial charge in [0.2, 0.25) is 0 Å². The summed E-state index contributed by atoms with van der Waals surface area (Å²) < 4.78 is 5.52.